The van der Waals surface area contributed by atoms with Gasteiger partial charge < -0.3 is 5.73 Å². The maximum absolute atomic E-state index is 10.5. The van der Waals surface area contributed by atoms with Gasteiger partial charge in [0, 0.05) is 6.20 Å². The Morgan fingerprint density at radius 2 is 2.40 bits per heavy atom. The number of aromatic nitrogens is 1. The van der Waals surface area contributed by atoms with Crippen LogP contribution in [0.25, 0.3) is 0 Å². The normalized spacial score (nSPS) is 11.2. The third-order valence-electron chi connectivity index (χ3n) is 1.85. The van der Waals surface area contributed by atoms with Gasteiger partial charge in [0.15, 0.2) is 0 Å². The Hall–Kier alpha value is -1.91. The molecule has 0 aliphatic carbocycles. The second-order valence-corrected chi connectivity index (χ2v) is 3.11. The molecule has 0 aliphatic rings. The lowest BCUT2D eigenvalue weighted by atomic mass is 10.1. The van der Waals surface area contributed by atoms with Gasteiger partial charge in [-0.25, -0.2) is 10.2 Å². The monoisotopic (exact) mass is 206 g/mol. The number of nitrogens with zero attached hydrogens (tertiary/aromatic N) is 2. The van der Waals surface area contributed by atoms with Crippen LogP contribution in [0.2, 0.25) is 0 Å². The molecular formula is C10H14N4O. The molecule has 1 aromatic heterocycles. The number of primary amides is 1. The molecule has 0 saturated carbocycles. The zero-order valence-corrected chi connectivity index (χ0v) is 8.82. The molecule has 15 heavy (non-hydrogen) atoms. The molecule has 0 atom stereocenters. The highest BCUT2D eigenvalue weighted by molar-refractivity contribution is 5.99. The highest BCUT2D eigenvalue weighted by atomic mass is 16.2. The molecule has 3 N–H and O–H groups in total. The first-order valence-electron chi connectivity index (χ1n) is 4.68. The molecule has 0 saturated heterocycles. The molecule has 0 spiro atoms. The molecule has 0 aromatic carbocycles. The third-order valence-corrected chi connectivity index (χ3v) is 1.85. The van der Waals surface area contributed by atoms with E-state index in [9.17, 15) is 4.79 Å². The van der Waals surface area contributed by atoms with E-state index in [0.29, 0.717) is 12.1 Å². The van der Waals surface area contributed by atoms with Gasteiger partial charge in [-0.1, -0.05) is 6.92 Å². The number of rotatable bonds is 3. The number of hydrogen-bond donors (Lipinski definition) is 2. The van der Waals surface area contributed by atoms with Gasteiger partial charge in [-0.05, 0) is 31.0 Å². The van der Waals surface area contributed by atoms with Gasteiger partial charge in [0.2, 0.25) is 0 Å². The summed E-state index contributed by atoms with van der Waals surface area (Å²) in [4.78, 5) is 14.7. The summed E-state index contributed by atoms with van der Waals surface area (Å²) in [5.41, 5.74) is 9.69. The van der Waals surface area contributed by atoms with E-state index in [1.54, 1.807) is 6.20 Å². The van der Waals surface area contributed by atoms with Crippen molar-refractivity contribution in [3.63, 3.8) is 0 Å². The van der Waals surface area contributed by atoms with E-state index in [1.165, 1.54) is 0 Å². The molecule has 1 rings (SSSR count). The zero-order chi connectivity index (χ0) is 11.3. The van der Waals surface area contributed by atoms with Gasteiger partial charge in [0.25, 0.3) is 0 Å². The van der Waals surface area contributed by atoms with E-state index in [-0.39, 0.29) is 0 Å². The maximum atomic E-state index is 10.5. The molecule has 1 heterocycles. The molecule has 5 heteroatoms. The summed E-state index contributed by atoms with van der Waals surface area (Å²) in [6.45, 7) is 3.91. The fraction of sp³-hybridized carbons (Fsp3) is 0.300. The van der Waals surface area contributed by atoms with Gasteiger partial charge in [-0.3, -0.25) is 4.98 Å². The number of pyridine rings is 1. The first-order chi connectivity index (χ1) is 7.13. The second-order valence-electron chi connectivity index (χ2n) is 3.11. The van der Waals surface area contributed by atoms with Gasteiger partial charge in [0.05, 0.1) is 11.4 Å². The first-order valence-corrected chi connectivity index (χ1v) is 4.68. The van der Waals surface area contributed by atoms with Crippen LogP contribution in [0.5, 0.6) is 0 Å². The number of urea groups is 1. The van der Waals surface area contributed by atoms with Crippen LogP contribution in [0.4, 0.5) is 4.79 Å². The minimum atomic E-state index is -0.673. The van der Waals surface area contributed by atoms with Crippen molar-refractivity contribution >= 4 is 11.7 Å². The van der Waals surface area contributed by atoms with E-state index < -0.39 is 6.03 Å². The van der Waals surface area contributed by atoms with Gasteiger partial charge in [-0.15, -0.1) is 0 Å². The van der Waals surface area contributed by atoms with Crippen LogP contribution in [-0.2, 0) is 0 Å². The summed E-state index contributed by atoms with van der Waals surface area (Å²) >= 11 is 0. The van der Waals surface area contributed by atoms with E-state index in [0.717, 1.165) is 11.3 Å². The summed E-state index contributed by atoms with van der Waals surface area (Å²) in [5.74, 6) is 0. The van der Waals surface area contributed by atoms with Crippen molar-refractivity contribution in [3.05, 3.63) is 29.6 Å². The Morgan fingerprint density at radius 1 is 1.67 bits per heavy atom. The van der Waals surface area contributed by atoms with Crippen molar-refractivity contribution in [2.45, 2.75) is 20.3 Å². The summed E-state index contributed by atoms with van der Waals surface area (Å²) in [6, 6.07) is 3.14. The third kappa shape index (κ3) is 3.38. The van der Waals surface area contributed by atoms with E-state index in [1.807, 2.05) is 26.0 Å². The van der Waals surface area contributed by atoms with E-state index >= 15 is 0 Å². The number of nitrogens with one attached hydrogen (secondary N) is 1. The SMILES string of the molecule is CC/C(=N\NC(N)=O)c1cc(C)ccn1. The standard InChI is InChI=1S/C10H14N4O/c1-3-8(13-14-10(11)15)9-6-7(2)4-5-12-9/h4-6H,3H2,1-2H3,(H3,11,14,15)/b13-8+. The zero-order valence-electron chi connectivity index (χ0n) is 8.82. The van der Waals surface area contributed by atoms with E-state index in [4.69, 9.17) is 5.73 Å². The van der Waals surface area contributed by atoms with Crippen molar-refractivity contribution in [1.82, 2.24) is 10.4 Å². The minimum absolute atomic E-state index is 0.673. The molecule has 0 bridgehead atoms. The number of carbonyl (C=O) groups excluding carboxylic acids is 1. The van der Waals surface area contributed by atoms with Crippen LogP contribution in [0, 0.1) is 6.92 Å². The summed E-state index contributed by atoms with van der Waals surface area (Å²) in [7, 11) is 0. The van der Waals surface area contributed by atoms with Crippen LogP contribution < -0.4 is 11.2 Å². The number of hydrazone groups is 1. The highest BCUT2D eigenvalue weighted by Crippen LogP contribution is 2.03. The summed E-state index contributed by atoms with van der Waals surface area (Å²) in [6.07, 6.45) is 2.39. The second kappa shape index (κ2) is 5.09. The van der Waals surface area contributed by atoms with Gasteiger partial charge in [-0.2, -0.15) is 5.10 Å². The fourth-order valence-corrected chi connectivity index (χ4v) is 1.13. The topological polar surface area (TPSA) is 80.4 Å². The van der Waals surface area contributed by atoms with Crippen LogP contribution in [0.1, 0.15) is 24.6 Å². The molecule has 1 aromatic rings. The number of aryl methyl sites for hydroxylation is 1. The van der Waals surface area contributed by atoms with Gasteiger partial charge in [0.1, 0.15) is 0 Å². The smallest absolute Gasteiger partial charge is 0.332 e. The van der Waals surface area contributed by atoms with E-state index in [2.05, 4.69) is 15.5 Å². The van der Waals surface area contributed by atoms with Crippen molar-refractivity contribution in [2.24, 2.45) is 10.8 Å². The lowest BCUT2D eigenvalue weighted by Crippen LogP contribution is -2.26. The van der Waals surface area contributed by atoms with Crippen LogP contribution >= 0.6 is 0 Å². The quantitative estimate of drug-likeness (QED) is 0.575. The Kier molecular flexibility index (Phi) is 3.79. The molecule has 0 radical (unpaired) electrons. The molecule has 2 amide bonds. The fourth-order valence-electron chi connectivity index (χ4n) is 1.13. The minimum Gasteiger partial charge on any atom is -0.350 e. The molecule has 0 aliphatic heterocycles. The number of carbonyl (C=O) groups is 1. The molecule has 0 unspecified atom stereocenters. The average Bonchev–Trinajstić information content (AvgIpc) is 2.18. The van der Waals surface area contributed by atoms with Gasteiger partial charge >= 0.3 is 6.03 Å². The number of amides is 2. The van der Waals surface area contributed by atoms with Crippen LogP contribution in [0.3, 0.4) is 0 Å². The summed E-state index contributed by atoms with van der Waals surface area (Å²) in [5, 5.41) is 3.88. The maximum Gasteiger partial charge on any atom is 0.332 e. The van der Waals surface area contributed by atoms with Crippen molar-refractivity contribution in [1.29, 1.82) is 0 Å². The van der Waals surface area contributed by atoms with Crippen molar-refractivity contribution < 1.29 is 4.79 Å². The Morgan fingerprint density at radius 3 is 2.93 bits per heavy atom. The van der Waals surface area contributed by atoms with Crippen LogP contribution in [-0.4, -0.2) is 16.7 Å². The largest absolute Gasteiger partial charge is 0.350 e. The van der Waals surface area contributed by atoms with Crippen molar-refractivity contribution in [3.8, 4) is 0 Å². The first kappa shape index (κ1) is 11.2. The predicted molar refractivity (Wildman–Crippen MR) is 58.5 cm³/mol. The predicted octanol–water partition coefficient (Wildman–Crippen LogP) is 1.17. The molecule has 0 fully saturated rings. The Bertz CT molecular complexity index is 387. The number of hydrogen-bond acceptors (Lipinski definition) is 3. The Labute approximate surface area is 88.4 Å². The summed E-state index contributed by atoms with van der Waals surface area (Å²) < 4.78 is 0. The molecule has 80 valence electrons. The van der Waals surface area contributed by atoms with Crippen LogP contribution in [0.15, 0.2) is 23.4 Å². The highest BCUT2D eigenvalue weighted by Gasteiger charge is 2.03. The molecular weight excluding hydrogens is 192 g/mol. The Balaban J connectivity index is 2.92. The lowest BCUT2D eigenvalue weighted by molar-refractivity contribution is 0.249. The van der Waals surface area contributed by atoms with Crippen molar-refractivity contribution in [2.75, 3.05) is 0 Å². The number of nitrogens with two attached hydrogens (primary N) is 1. The lowest BCUT2D eigenvalue weighted by Gasteiger charge is -2.03. The molecule has 5 nitrogen and oxygen atoms in total. The average molecular weight is 206 g/mol.